The maximum Gasteiger partial charge on any atom is 0.245 e. The highest BCUT2D eigenvalue weighted by Gasteiger charge is 2.28. The Morgan fingerprint density at radius 2 is 1.95 bits per heavy atom. The number of amides is 1. The highest BCUT2D eigenvalue weighted by molar-refractivity contribution is 7.89. The van der Waals surface area contributed by atoms with E-state index in [1.807, 2.05) is 0 Å². The first-order valence-electron chi connectivity index (χ1n) is 5.94. The molecule has 5 N–H and O–H groups in total. The zero-order chi connectivity index (χ0) is 15.5. The molecule has 0 fully saturated rings. The van der Waals surface area contributed by atoms with Crippen LogP contribution >= 0.6 is 0 Å². The first-order chi connectivity index (χ1) is 9.19. The summed E-state index contributed by atoms with van der Waals surface area (Å²) in [5, 5.41) is 0. The number of carbonyl (C=O) groups is 1. The molecule has 1 unspecified atom stereocenters. The molecule has 1 amide bonds. The molecule has 0 heterocycles. The largest absolute Gasteiger partial charge is 0.495 e. The summed E-state index contributed by atoms with van der Waals surface area (Å²) in [6.45, 7) is 3.38. The van der Waals surface area contributed by atoms with Gasteiger partial charge in [0.15, 0.2) is 0 Å². The van der Waals surface area contributed by atoms with Crippen molar-refractivity contribution >= 4 is 21.6 Å². The molecule has 7 nitrogen and oxygen atoms in total. The molecule has 20 heavy (non-hydrogen) atoms. The Morgan fingerprint density at radius 3 is 2.40 bits per heavy atom. The monoisotopic (exact) mass is 301 g/mol. The van der Waals surface area contributed by atoms with Gasteiger partial charge in [0.25, 0.3) is 0 Å². The number of benzene rings is 1. The Hall–Kier alpha value is -1.80. The smallest absolute Gasteiger partial charge is 0.245 e. The summed E-state index contributed by atoms with van der Waals surface area (Å²) < 4.78 is 31.9. The van der Waals surface area contributed by atoms with Crippen molar-refractivity contribution in [1.82, 2.24) is 4.72 Å². The fraction of sp³-hybridized carbons (Fsp3) is 0.417. The average molecular weight is 301 g/mol. The zero-order valence-electron chi connectivity index (χ0n) is 11.6. The van der Waals surface area contributed by atoms with Crippen molar-refractivity contribution in [3.05, 3.63) is 18.2 Å². The summed E-state index contributed by atoms with van der Waals surface area (Å²) in [5.74, 6) is -0.889. The van der Waals surface area contributed by atoms with Crippen LogP contribution in [0.5, 0.6) is 5.75 Å². The number of methoxy groups -OCH3 is 1. The number of rotatable bonds is 6. The molecule has 0 aliphatic rings. The van der Waals surface area contributed by atoms with Crippen LogP contribution in [0, 0.1) is 5.92 Å². The van der Waals surface area contributed by atoms with Crippen molar-refractivity contribution in [2.45, 2.75) is 24.8 Å². The number of nitrogen functional groups attached to an aromatic ring is 1. The van der Waals surface area contributed by atoms with E-state index in [2.05, 4.69) is 4.72 Å². The summed E-state index contributed by atoms with van der Waals surface area (Å²) >= 11 is 0. The lowest BCUT2D eigenvalue weighted by Gasteiger charge is -2.20. The topological polar surface area (TPSA) is 125 Å². The van der Waals surface area contributed by atoms with E-state index in [1.165, 1.54) is 25.3 Å². The molecule has 1 aromatic rings. The van der Waals surface area contributed by atoms with Crippen LogP contribution in [0.3, 0.4) is 0 Å². The van der Waals surface area contributed by atoms with E-state index >= 15 is 0 Å². The third kappa shape index (κ3) is 3.61. The maximum absolute atomic E-state index is 12.3. The van der Waals surface area contributed by atoms with Crippen molar-refractivity contribution < 1.29 is 17.9 Å². The van der Waals surface area contributed by atoms with Gasteiger partial charge in [0.1, 0.15) is 16.7 Å². The number of hydrogen-bond acceptors (Lipinski definition) is 5. The van der Waals surface area contributed by atoms with Crippen LogP contribution in [0.1, 0.15) is 13.8 Å². The van der Waals surface area contributed by atoms with Crippen LogP contribution < -0.4 is 20.9 Å². The molecule has 8 heteroatoms. The number of nitrogens with one attached hydrogen (secondary N) is 1. The Balaban J connectivity index is 3.23. The van der Waals surface area contributed by atoms with Crippen molar-refractivity contribution in [3.63, 3.8) is 0 Å². The minimum atomic E-state index is -3.97. The molecule has 1 rings (SSSR count). The number of nitrogens with two attached hydrogens (primary N) is 2. The van der Waals surface area contributed by atoms with Crippen LogP contribution in [0.4, 0.5) is 5.69 Å². The predicted octanol–water partition coefficient (Wildman–Crippen LogP) is 0.0656. The molecule has 0 radical (unpaired) electrons. The van der Waals surface area contributed by atoms with Crippen molar-refractivity contribution in [1.29, 1.82) is 0 Å². The van der Waals surface area contributed by atoms with Crippen molar-refractivity contribution in [2.24, 2.45) is 11.7 Å². The Labute approximate surface area is 118 Å². The lowest BCUT2D eigenvalue weighted by molar-refractivity contribution is -0.120. The quantitative estimate of drug-likeness (QED) is 0.641. The second-order valence-corrected chi connectivity index (χ2v) is 6.34. The molecule has 112 valence electrons. The summed E-state index contributed by atoms with van der Waals surface area (Å²) in [4.78, 5) is 11.2. The number of carbonyl (C=O) groups excluding carboxylic acids is 1. The summed E-state index contributed by atoms with van der Waals surface area (Å²) in [7, 11) is -2.62. The maximum atomic E-state index is 12.3. The van der Waals surface area contributed by atoms with Gasteiger partial charge in [-0.25, -0.2) is 8.42 Å². The fourth-order valence-electron chi connectivity index (χ4n) is 1.66. The minimum Gasteiger partial charge on any atom is -0.495 e. The minimum absolute atomic E-state index is 0.132. The molecule has 0 aliphatic carbocycles. The Kier molecular flexibility index (Phi) is 4.96. The van der Waals surface area contributed by atoms with Gasteiger partial charge in [0.05, 0.1) is 7.11 Å². The second-order valence-electron chi connectivity index (χ2n) is 4.66. The molecule has 0 aromatic heterocycles. The normalized spacial score (nSPS) is 13.2. The Bertz CT molecular complexity index is 599. The van der Waals surface area contributed by atoms with Gasteiger partial charge in [-0.3, -0.25) is 4.79 Å². The fourth-order valence-corrected chi connectivity index (χ4v) is 3.21. The van der Waals surface area contributed by atoms with Gasteiger partial charge >= 0.3 is 0 Å². The van der Waals surface area contributed by atoms with E-state index in [9.17, 15) is 13.2 Å². The lowest BCUT2D eigenvalue weighted by atomic mass is 10.1. The third-order valence-corrected chi connectivity index (χ3v) is 4.19. The molecule has 1 aromatic carbocycles. The highest BCUT2D eigenvalue weighted by atomic mass is 32.2. The lowest BCUT2D eigenvalue weighted by Crippen LogP contribution is -2.47. The standard InChI is InChI=1S/C12H19N3O4S/c1-7(2)11(12(14)16)15-20(17,18)10-6-8(13)4-5-9(10)19-3/h4-7,11,15H,13H2,1-3H3,(H2,14,16). The average Bonchev–Trinajstić information content (AvgIpc) is 2.35. The van der Waals surface area contributed by atoms with E-state index in [-0.39, 0.29) is 22.3 Å². The Morgan fingerprint density at radius 1 is 1.35 bits per heavy atom. The van der Waals surface area contributed by atoms with Gasteiger partial charge in [-0.2, -0.15) is 4.72 Å². The van der Waals surface area contributed by atoms with Crippen LogP contribution in [0.15, 0.2) is 23.1 Å². The molecular weight excluding hydrogens is 282 g/mol. The first-order valence-corrected chi connectivity index (χ1v) is 7.42. The number of primary amides is 1. The first kappa shape index (κ1) is 16.3. The second kappa shape index (κ2) is 6.10. The highest BCUT2D eigenvalue weighted by Crippen LogP contribution is 2.26. The van der Waals surface area contributed by atoms with E-state index in [0.717, 1.165) is 0 Å². The number of ether oxygens (including phenoxy) is 1. The molecule has 0 saturated heterocycles. The van der Waals surface area contributed by atoms with Crippen LogP contribution in [-0.2, 0) is 14.8 Å². The SMILES string of the molecule is COc1ccc(N)cc1S(=O)(=O)NC(C(N)=O)C(C)C. The van der Waals surface area contributed by atoms with E-state index < -0.39 is 22.0 Å². The van der Waals surface area contributed by atoms with Crippen LogP contribution in [0.2, 0.25) is 0 Å². The van der Waals surface area contributed by atoms with E-state index in [0.29, 0.717) is 0 Å². The van der Waals surface area contributed by atoms with Gasteiger partial charge in [-0.05, 0) is 24.1 Å². The number of hydrogen-bond donors (Lipinski definition) is 3. The van der Waals surface area contributed by atoms with E-state index in [1.54, 1.807) is 13.8 Å². The number of sulfonamides is 1. The van der Waals surface area contributed by atoms with Gasteiger partial charge in [0, 0.05) is 5.69 Å². The van der Waals surface area contributed by atoms with Crippen LogP contribution in [-0.4, -0.2) is 27.5 Å². The molecular formula is C12H19N3O4S. The molecule has 0 aliphatic heterocycles. The van der Waals surface area contributed by atoms with Gasteiger partial charge < -0.3 is 16.2 Å². The molecule has 0 bridgehead atoms. The molecule has 0 spiro atoms. The summed E-state index contributed by atoms with van der Waals surface area (Å²) in [6, 6.07) is 3.22. The zero-order valence-corrected chi connectivity index (χ0v) is 12.4. The van der Waals surface area contributed by atoms with Gasteiger partial charge in [-0.1, -0.05) is 13.8 Å². The van der Waals surface area contributed by atoms with Gasteiger partial charge in [0.2, 0.25) is 15.9 Å². The van der Waals surface area contributed by atoms with Crippen molar-refractivity contribution in [3.8, 4) is 5.75 Å². The summed E-state index contributed by atoms with van der Waals surface area (Å²) in [5.41, 5.74) is 11.1. The number of anilines is 1. The molecule has 1 atom stereocenters. The predicted molar refractivity (Wildman–Crippen MR) is 75.5 cm³/mol. The van der Waals surface area contributed by atoms with E-state index in [4.69, 9.17) is 16.2 Å². The van der Waals surface area contributed by atoms with Gasteiger partial charge in [-0.15, -0.1) is 0 Å². The van der Waals surface area contributed by atoms with Crippen LogP contribution in [0.25, 0.3) is 0 Å². The van der Waals surface area contributed by atoms with Crippen molar-refractivity contribution in [2.75, 3.05) is 12.8 Å². The summed E-state index contributed by atoms with van der Waals surface area (Å²) in [6.07, 6.45) is 0. The molecule has 0 saturated carbocycles. The third-order valence-electron chi connectivity index (χ3n) is 2.73.